The van der Waals surface area contributed by atoms with Crippen LogP contribution in [0.3, 0.4) is 0 Å². The average Bonchev–Trinajstić information content (AvgIpc) is 3.04. The quantitative estimate of drug-likeness (QED) is 0.536. The maximum Gasteiger partial charge on any atom is 0.330 e. The highest BCUT2D eigenvalue weighted by molar-refractivity contribution is 7.50. The van der Waals surface area contributed by atoms with Crippen LogP contribution in [-0.4, -0.2) is 65.5 Å². The third-order valence-electron chi connectivity index (χ3n) is 4.52. The Morgan fingerprint density at radius 1 is 1.40 bits per heavy atom. The Labute approximate surface area is 177 Å². The summed E-state index contributed by atoms with van der Waals surface area (Å²) < 4.78 is 26.6. The lowest BCUT2D eigenvalue weighted by Gasteiger charge is -2.26. The molecule has 30 heavy (non-hydrogen) atoms. The molecule has 2 N–H and O–H groups in total. The summed E-state index contributed by atoms with van der Waals surface area (Å²) in [5.74, 6) is -0.981. The van der Waals surface area contributed by atoms with Crippen molar-refractivity contribution in [2.45, 2.75) is 64.7 Å². The number of amides is 1. The largest absolute Gasteiger partial charge is 0.371 e. The first-order valence-corrected chi connectivity index (χ1v) is 11.8. The van der Waals surface area contributed by atoms with Gasteiger partial charge in [0.05, 0.1) is 6.04 Å². The minimum Gasteiger partial charge on any atom is -0.371 e. The number of aromatic amines is 1. The summed E-state index contributed by atoms with van der Waals surface area (Å²) in [5.41, 5.74) is -0.923. The third kappa shape index (κ3) is 5.63. The smallest absolute Gasteiger partial charge is 0.330 e. The topological polar surface area (TPSA) is 129 Å². The van der Waals surface area contributed by atoms with Crippen molar-refractivity contribution in [3.63, 3.8) is 0 Å². The number of H-pyrrole nitrogens is 1. The number of nitrogens with zero attached hydrogens (tertiary/aromatic N) is 1. The predicted octanol–water partition coefficient (Wildman–Crippen LogP) is 0.673. The van der Waals surface area contributed by atoms with Crippen molar-refractivity contribution in [1.82, 2.24) is 14.9 Å². The zero-order valence-corrected chi connectivity index (χ0v) is 18.7. The Hall–Kier alpha value is -1.87. The molecule has 2 unspecified atom stereocenters. The summed E-state index contributed by atoms with van der Waals surface area (Å²) in [6.07, 6.45) is -1.83. The van der Waals surface area contributed by atoms with Crippen molar-refractivity contribution in [2.75, 3.05) is 19.9 Å². The van der Waals surface area contributed by atoms with Crippen LogP contribution in [0.5, 0.6) is 0 Å². The summed E-state index contributed by atoms with van der Waals surface area (Å²) in [7, 11) is -0.937. The zero-order chi connectivity index (χ0) is 23.3. The predicted molar refractivity (Wildman–Crippen MR) is 112 cm³/mol. The molecule has 2 heterocycles. The van der Waals surface area contributed by atoms with E-state index in [0.29, 0.717) is 18.6 Å². The SMILES string of the molecule is [2H]CC(NC(=O)[C@H]1O[C@H](n2cc(C)c(=O)[nH]c2=O)C(OCCC)[C@H]1OP(C)C)C(C)=O. The van der Waals surface area contributed by atoms with Gasteiger partial charge in [-0.25, -0.2) is 4.79 Å². The Bertz CT molecular complexity index is 903. The number of aryl methyl sites for hydroxylation is 1. The van der Waals surface area contributed by atoms with E-state index in [1.165, 1.54) is 17.7 Å². The first kappa shape index (κ1) is 22.8. The van der Waals surface area contributed by atoms with E-state index in [-0.39, 0.29) is 12.7 Å². The molecule has 0 spiro atoms. The molecule has 1 fully saturated rings. The van der Waals surface area contributed by atoms with Gasteiger partial charge in [-0.15, -0.1) is 0 Å². The molecule has 168 valence electrons. The lowest BCUT2D eigenvalue weighted by molar-refractivity contribution is -0.139. The average molecular weight is 444 g/mol. The third-order valence-corrected chi connectivity index (χ3v) is 5.19. The van der Waals surface area contributed by atoms with Gasteiger partial charge in [0.15, 0.2) is 18.1 Å². The maximum absolute atomic E-state index is 13.0. The number of rotatable bonds is 9. The van der Waals surface area contributed by atoms with E-state index in [4.69, 9.17) is 15.4 Å². The molecule has 1 aliphatic rings. The van der Waals surface area contributed by atoms with Gasteiger partial charge in [-0.3, -0.25) is 23.9 Å². The number of carbonyl (C=O) groups excluding carboxylic acids is 2. The monoisotopic (exact) mass is 444 g/mol. The van der Waals surface area contributed by atoms with Gasteiger partial charge in [-0.1, -0.05) is 6.92 Å². The van der Waals surface area contributed by atoms with Gasteiger partial charge in [0.25, 0.3) is 11.5 Å². The highest BCUT2D eigenvalue weighted by atomic mass is 31.1. The lowest BCUT2D eigenvalue weighted by atomic mass is 10.1. The number of aromatic nitrogens is 2. The molecule has 1 aliphatic heterocycles. The fourth-order valence-corrected chi connectivity index (χ4v) is 3.71. The van der Waals surface area contributed by atoms with Crippen LogP contribution in [-0.2, 0) is 23.6 Å². The molecule has 0 saturated carbocycles. The zero-order valence-electron chi connectivity index (χ0n) is 18.8. The standard InChI is InChI=1S/C19H30N3O7P/c1-7-8-27-15-13(29-30(5)6)14(17(25)20-11(3)12(4)23)28-18(15)22-9-10(2)16(24)21-19(22)26/h9,11,13-15,18H,7-8H2,1-6H3,(H,20,25)(H,21,24,26)/t11?,13-,14-,15?,18-/m0/s1/i3D. The number of hydrogen-bond acceptors (Lipinski definition) is 7. The molecule has 0 aliphatic carbocycles. The summed E-state index contributed by atoms with van der Waals surface area (Å²) in [5, 5.41) is 2.52. The molecule has 1 aromatic heterocycles. The second-order valence-electron chi connectivity index (χ2n) is 7.32. The van der Waals surface area contributed by atoms with Gasteiger partial charge in [0.1, 0.15) is 12.2 Å². The number of Topliss-reactive ketones (excluding diaryl/α,β-unsaturated/α-hetero) is 1. The van der Waals surface area contributed by atoms with Crippen molar-refractivity contribution in [3.8, 4) is 0 Å². The molecule has 1 amide bonds. The first-order chi connectivity index (χ1) is 14.6. The van der Waals surface area contributed by atoms with E-state index in [0.717, 1.165) is 0 Å². The van der Waals surface area contributed by atoms with Gasteiger partial charge in [-0.05, 0) is 40.5 Å². The van der Waals surface area contributed by atoms with E-state index in [1.54, 1.807) is 6.92 Å². The number of carbonyl (C=O) groups is 2. The highest BCUT2D eigenvalue weighted by Gasteiger charge is 2.51. The molecular formula is C19H30N3O7P. The van der Waals surface area contributed by atoms with Gasteiger partial charge in [-0.2, -0.15) is 0 Å². The van der Waals surface area contributed by atoms with Crippen LogP contribution in [0.25, 0.3) is 0 Å². The van der Waals surface area contributed by atoms with E-state index in [9.17, 15) is 19.2 Å². The molecule has 0 radical (unpaired) electrons. The number of ketones is 1. The highest BCUT2D eigenvalue weighted by Crippen LogP contribution is 2.40. The Morgan fingerprint density at radius 2 is 2.10 bits per heavy atom. The lowest BCUT2D eigenvalue weighted by Crippen LogP contribution is -2.48. The molecule has 2 rings (SSSR count). The van der Waals surface area contributed by atoms with Gasteiger partial charge < -0.3 is 19.3 Å². The minimum atomic E-state index is -1.18. The second-order valence-corrected chi connectivity index (χ2v) is 9.15. The van der Waals surface area contributed by atoms with Crippen molar-refractivity contribution < 1.29 is 25.0 Å². The van der Waals surface area contributed by atoms with Crippen LogP contribution in [0.15, 0.2) is 15.8 Å². The Balaban J connectivity index is 2.47. The second kappa shape index (κ2) is 10.4. The van der Waals surface area contributed by atoms with Crippen molar-refractivity contribution in [1.29, 1.82) is 0 Å². The van der Waals surface area contributed by atoms with Crippen molar-refractivity contribution >= 4 is 19.8 Å². The molecule has 1 saturated heterocycles. The fourth-order valence-electron chi connectivity index (χ4n) is 2.99. The molecule has 10 nitrogen and oxygen atoms in total. The van der Waals surface area contributed by atoms with Crippen LogP contribution in [0.2, 0.25) is 0 Å². The first-order valence-electron chi connectivity index (χ1n) is 10.3. The van der Waals surface area contributed by atoms with Crippen LogP contribution in [0.4, 0.5) is 0 Å². The van der Waals surface area contributed by atoms with Crippen LogP contribution in [0, 0.1) is 6.92 Å². The van der Waals surface area contributed by atoms with Crippen molar-refractivity contribution in [2.24, 2.45) is 0 Å². The van der Waals surface area contributed by atoms with E-state index >= 15 is 0 Å². The van der Waals surface area contributed by atoms with E-state index < -0.39 is 55.9 Å². The van der Waals surface area contributed by atoms with E-state index in [1.807, 2.05) is 20.3 Å². The van der Waals surface area contributed by atoms with Crippen LogP contribution >= 0.6 is 8.15 Å². The maximum atomic E-state index is 13.0. The van der Waals surface area contributed by atoms with Crippen LogP contribution < -0.4 is 16.6 Å². The summed E-state index contributed by atoms with van der Waals surface area (Å²) in [4.78, 5) is 51.1. The number of nitrogens with one attached hydrogen (secondary N) is 2. The van der Waals surface area contributed by atoms with Crippen LogP contribution in [0.1, 0.15) is 40.3 Å². The van der Waals surface area contributed by atoms with E-state index in [2.05, 4.69) is 10.3 Å². The number of hydrogen-bond donors (Lipinski definition) is 2. The van der Waals surface area contributed by atoms with Gasteiger partial charge in [0, 0.05) is 27.9 Å². The summed E-state index contributed by atoms with van der Waals surface area (Å²) in [6, 6.07) is -0.978. The summed E-state index contributed by atoms with van der Waals surface area (Å²) >= 11 is 0. The Morgan fingerprint density at radius 3 is 2.67 bits per heavy atom. The minimum absolute atomic E-state index is 0.293. The Kier molecular flexibility index (Phi) is 7.93. The molecular weight excluding hydrogens is 413 g/mol. The normalized spacial score (nSPS) is 25.2. The summed E-state index contributed by atoms with van der Waals surface area (Å²) in [6.45, 7) is 8.49. The molecule has 0 aromatic carbocycles. The van der Waals surface area contributed by atoms with Gasteiger partial charge >= 0.3 is 5.69 Å². The molecule has 11 heteroatoms. The molecule has 5 atom stereocenters. The number of ether oxygens (including phenoxy) is 2. The fraction of sp³-hybridized carbons (Fsp3) is 0.684. The van der Waals surface area contributed by atoms with Gasteiger partial charge in [0.2, 0.25) is 0 Å². The van der Waals surface area contributed by atoms with Crippen molar-refractivity contribution in [3.05, 3.63) is 32.6 Å². The molecule has 1 aromatic rings. The molecule has 0 bridgehead atoms.